The van der Waals surface area contributed by atoms with Gasteiger partial charge in [0, 0.05) is 0 Å². The second-order valence-corrected chi connectivity index (χ2v) is 5.51. The van der Waals surface area contributed by atoms with Crippen LogP contribution in [0.1, 0.15) is 75.2 Å². The molecule has 1 atom stereocenters. The normalized spacial score (nSPS) is 12.2. The predicted octanol–water partition coefficient (Wildman–Crippen LogP) is 5.15. The highest BCUT2D eigenvalue weighted by Crippen LogP contribution is 2.12. The standard InChI is InChI=1S/C18H28O2/c1-4-6-8-9-15(3)20-18(19)17-13-11-16(12-14-17)10-7-5-2/h11-15H,4-10H2,1-3H3. The van der Waals surface area contributed by atoms with Gasteiger partial charge in [-0.2, -0.15) is 0 Å². The Kier molecular flexibility index (Phi) is 8.01. The molecule has 0 spiro atoms. The first kappa shape index (κ1) is 16.7. The maximum atomic E-state index is 12.0. The van der Waals surface area contributed by atoms with Crippen LogP contribution in [0, 0.1) is 0 Å². The number of carbonyl (C=O) groups excluding carboxylic acids is 1. The van der Waals surface area contributed by atoms with Gasteiger partial charge in [0.1, 0.15) is 0 Å². The first-order valence-electron chi connectivity index (χ1n) is 7.97. The molecule has 1 rings (SSSR count). The van der Waals surface area contributed by atoms with Gasteiger partial charge in [-0.05, 0) is 50.3 Å². The molecule has 0 saturated carbocycles. The molecule has 1 aromatic rings. The molecule has 0 aliphatic rings. The van der Waals surface area contributed by atoms with E-state index in [0.717, 1.165) is 19.3 Å². The lowest BCUT2D eigenvalue weighted by atomic mass is 10.1. The van der Waals surface area contributed by atoms with Crippen LogP contribution in [-0.4, -0.2) is 12.1 Å². The van der Waals surface area contributed by atoms with Crippen molar-refractivity contribution in [3.8, 4) is 0 Å². The Bertz CT molecular complexity index is 381. The van der Waals surface area contributed by atoms with Crippen molar-refractivity contribution < 1.29 is 9.53 Å². The third kappa shape index (κ3) is 6.23. The third-order valence-corrected chi connectivity index (χ3v) is 3.53. The van der Waals surface area contributed by atoms with Gasteiger partial charge in [-0.15, -0.1) is 0 Å². The maximum Gasteiger partial charge on any atom is 0.338 e. The summed E-state index contributed by atoms with van der Waals surface area (Å²) < 4.78 is 5.47. The van der Waals surface area contributed by atoms with Gasteiger partial charge >= 0.3 is 5.97 Å². The van der Waals surface area contributed by atoms with Crippen LogP contribution in [0.15, 0.2) is 24.3 Å². The molecule has 0 amide bonds. The second-order valence-electron chi connectivity index (χ2n) is 5.51. The van der Waals surface area contributed by atoms with E-state index in [1.54, 1.807) is 0 Å². The number of hydrogen-bond donors (Lipinski definition) is 0. The number of unbranched alkanes of at least 4 members (excludes halogenated alkanes) is 3. The molecule has 2 heteroatoms. The minimum atomic E-state index is -0.198. The maximum absolute atomic E-state index is 12.0. The summed E-state index contributed by atoms with van der Waals surface area (Å²) in [4.78, 5) is 12.0. The summed E-state index contributed by atoms with van der Waals surface area (Å²) >= 11 is 0. The van der Waals surface area contributed by atoms with Crippen LogP contribution >= 0.6 is 0 Å². The van der Waals surface area contributed by atoms with Crippen LogP contribution in [0.3, 0.4) is 0 Å². The van der Waals surface area contributed by atoms with E-state index in [9.17, 15) is 4.79 Å². The van der Waals surface area contributed by atoms with Gasteiger partial charge in [-0.1, -0.05) is 45.2 Å². The van der Waals surface area contributed by atoms with E-state index in [2.05, 4.69) is 13.8 Å². The summed E-state index contributed by atoms with van der Waals surface area (Å²) in [6.07, 6.45) is 7.95. The lowest BCUT2D eigenvalue weighted by Crippen LogP contribution is -2.15. The Morgan fingerprint density at radius 1 is 1.05 bits per heavy atom. The smallest absolute Gasteiger partial charge is 0.338 e. The molecule has 0 aliphatic heterocycles. The predicted molar refractivity (Wildman–Crippen MR) is 84.1 cm³/mol. The van der Waals surface area contributed by atoms with Crippen molar-refractivity contribution in [2.45, 2.75) is 71.8 Å². The fourth-order valence-electron chi connectivity index (χ4n) is 2.18. The van der Waals surface area contributed by atoms with Crippen molar-refractivity contribution in [1.29, 1.82) is 0 Å². The van der Waals surface area contributed by atoms with Gasteiger partial charge in [-0.25, -0.2) is 4.79 Å². The zero-order valence-corrected chi connectivity index (χ0v) is 13.2. The Morgan fingerprint density at radius 3 is 2.30 bits per heavy atom. The van der Waals surface area contributed by atoms with E-state index in [1.165, 1.54) is 31.2 Å². The van der Waals surface area contributed by atoms with Gasteiger partial charge in [0.2, 0.25) is 0 Å². The number of hydrogen-bond acceptors (Lipinski definition) is 2. The van der Waals surface area contributed by atoms with Crippen LogP contribution < -0.4 is 0 Å². The molecule has 20 heavy (non-hydrogen) atoms. The van der Waals surface area contributed by atoms with Crippen molar-refractivity contribution in [2.24, 2.45) is 0 Å². The summed E-state index contributed by atoms with van der Waals surface area (Å²) in [5, 5.41) is 0. The third-order valence-electron chi connectivity index (χ3n) is 3.53. The lowest BCUT2D eigenvalue weighted by molar-refractivity contribution is 0.0319. The number of ether oxygens (including phenoxy) is 1. The van der Waals surface area contributed by atoms with Crippen LogP contribution in [0.5, 0.6) is 0 Å². The molecule has 112 valence electrons. The molecular formula is C18H28O2. The molecule has 0 aliphatic carbocycles. The van der Waals surface area contributed by atoms with Crippen LogP contribution in [0.25, 0.3) is 0 Å². The molecule has 0 saturated heterocycles. The van der Waals surface area contributed by atoms with Crippen LogP contribution in [0.4, 0.5) is 0 Å². The second kappa shape index (κ2) is 9.57. The van der Waals surface area contributed by atoms with Crippen molar-refractivity contribution in [2.75, 3.05) is 0 Å². The Morgan fingerprint density at radius 2 is 1.70 bits per heavy atom. The van der Waals surface area contributed by atoms with E-state index in [0.29, 0.717) is 5.56 Å². The summed E-state index contributed by atoms with van der Waals surface area (Å²) in [6.45, 7) is 6.34. The topological polar surface area (TPSA) is 26.3 Å². The van der Waals surface area contributed by atoms with Crippen molar-refractivity contribution in [3.63, 3.8) is 0 Å². The first-order valence-corrected chi connectivity index (χ1v) is 7.97. The van der Waals surface area contributed by atoms with Crippen molar-refractivity contribution in [3.05, 3.63) is 35.4 Å². The molecule has 1 unspecified atom stereocenters. The van der Waals surface area contributed by atoms with Gasteiger partial charge in [0.25, 0.3) is 0 Å². The van der Waals surface area contributed by atoms with Gasteiger partial charge < -0.3 is 4.74 Å². The average Bonchev–Trinajstić information content (AvgIpc) is 2.46. The zero-order chi connectivity index (χ0) is 14.8. The largest absolute Gasteiger partial charge is 0.459 e. The van der Waals surface area contributed by atoms with E-state index in [4.69, 9.17) is 4.74 Å². The molecule has 0 radical (unpaired) electrons. The fraction of sp³-hybridized carbons (Fsp3) is 0.611. The number of carbonyl (C=O) groups is 1. The quantitative estimate of drug-likeness (QED) is 0.460. The Labute approximate surface area is 123 Å². The number of aryl methyl sites for hydroxylation is 1. The average molecular weight is 276 g/mol. The van der Waals surface area contributed by atoms with E-state index >= 15 is 0 Å². The summed E-state index contributed by atoms with van der Waals surface area (Å²) in [6, 6.07) is 7.83. The SMILES string of the molecule is CCCCCC(C)OC(=O)c1ccc(CCCC)cc1. The minimum absolute atomic E-state index is 0.00816. The summed E-state index contributed by atoms with van der Waals surface area (Å²) in [7, 11) is 0. The number of benzene rings is 1. The lowest BCUT2D eigenvalue weighted by Gasteiger charge is -2.13. The number of rotatable bonds is 9. The van der Waals surface area contributed by atoms with E-state index in [1.807, 2.05) is 31.2 Å². The minimum Gasteiger partial charge on any atom is -0.459 e. The molecule has 2 nitrogen and oxygen atoms in total. The highest BCUT2D eigenvalue weighted by Gasteiger charge is 2.11. The van der Waals surface area contributed by atoms with E-state index < -0.39 is 0 Å². The molecule has 0 heterocycles. The summed E-state index contributed by atoms with van der Waals surface area (Å²) in [5.74, 6) is -0.198. The molecule has 0 N–H and O–H groups in total. The fourth-order valence-corrected chi connectivity index (χ4v) is 2.18. The van der Waals surface area contributed by atoms with Crippen molar-refractivity contribution >= 4 is 5.97 Å². The summed E-state index contributed by atoms with van der Waals surface area (Å²) in [5.41, 5.74) is 1.95. The van der Waals surface area contributed by atoms with Crippen LogP contribution in [-0.2, 0) is 11.2 Å². The Hall–Kier alpha value is -1.31. The molecule has 0 bridgehead atoms. The van der Waals surface area contributed by atoms with Gasteiger partial charge in [0.15, 0.2) is 0 Å². The molecule has 0 fully saturated rings. The molecule has 1 aromatic carbocycles. The van der Waals surface area contributed by atoms with Gasteiger partial charge in [-0.3, -0.25) is 0 Å². The Balaban J connectivity index is 2.42. The molecule has 0 aromatic heterocycles. The number of esters is 1. The highest BCUT2D eigenvalue weighted by molar-refractivity contribution is 5.89. The first-order chi connectivity index (χ1) is 9.67. The monoisotopic (exact) mass is 276 g/mol. The molecular weight excluding hydrogens is 248 g/mol. The zero-order valence-electron chi connectivity index (χ0n) is 13.2. The van der Waals surface area contributed by atoms with Gasteiger partial charge in [0.05, 0.1) is 11.7 Å². The van der Waals surface area contributed by atoms with Crippen molar-refractivity contribution in [1.82, 2.24) is 0 Å². The van der Waals surface area contributed by atoms with Crippen LogP contribution in [0.2, 0.25) is 0 Å². The van der Waals surface area contributed by atoms with E-state index in [-0.39, 0.29) is 12.1 Å². The highest BCUT2D eigenvalue weighted by atomic mass is 16.5.